The molecule has 0 aromatic rings. The molecule has 10 heterocycles. The number of nitrogens with one attached hydrogen (secondary N) is 5. The Labute approximate surface area is 804 Å². The molecule has 0 aliphatic carbocycles. The number of aliphatic hydroxyl groups excluding tert-OH is 31. The molecule has 142 heavy (non-hydrogen) atoms. The standard InChI is InChI=1S/C79H133N5O58/c1-19-41(101)52(112)56(116)72(126-19)123-16-28(100)61(42(102)25(8-85)80-20(2)93)135-69-38(82-22(4)95)51(111)63(34(15-92)131-69)137-76-60(120)67(49(109)36(134-76)18-125-74-59(119)66(138-75-58(118)54(114)45(105)30(11-88)129-75)48(108)35(133-74)17-124-73-57(117)53(113)44(104)29(10-87)128-73)139-77-68(55(115)46(106)31(12-89)130-77)140-70-39(83-23(5)96)50(110)62(33(14-91)132-70)136-71-40(84-24(6)97)65(47(107)32(13-90)127-71)142-79(78(121)122)7-26(98)37(81-21(3)94)64(141-79)43(103)27(99)9-86/h19,25-77,85-92,98-120H,7-18H2,1-6H3,(H,80,93)(H,81,94)(H,82,95)(H,83,96)(H,84,97)(H,121,122)/t19-,25-,26-,27+,28+,29+,30+,31+,32+,33+,34+,35+,36+,37+,38+,39+,40+,41+,42+,43+,44+,45+,46+,47-,48+,49+,50+,51+,52+,53-,54-,55-,56-,57-,58-,59-,60-,61+,62+,63+,64+,65+,66-,67-,68-,69?,70?,71?,72?,73?,74?,75?,76?,77?,79?/m0/s1. The lowest BCUT2D eigenvalue weighted by molar-refractivity contribution is -0.398. The summed E-state index contributed by atoms with van der Waals surface area (Å²) in [6, 6.07) is -10.1. The average Bonchev–Trinajstić information content (AvgIpc) is 0.734. The van der Waals surface area contributed by atoms with Gasteiger partial charge in [-0.15, -0.1) is 0 Å². The highest BCUT2D eigenvalue weighted by molar-refractivity contribution is 5.77. The summed E-state index contributed by atoms with van der Waals surface area (Å²) in [5.74, 6) is -10.6. The second kappa shape index (κ2) is 52.0. The molecule has 0 aromatic heterocycles. The van der Waals surface area contributed by atoms with Gasteiger partial charge in [0.2, 0.25) is 29.5 Å². The molecule has 63 nitrogen and oxygen atoms in total. The zero-order valence-corrected chi connectivity index (χ0v) is 76.6. The molecule has 0 bridgehead atoms. The van der Waals surface area contributed by atoms with E-state index < -0.39 is 451 Å². The number of aliphatic carboxylic acids is 1. The summed E-state index contributed by atoms with van der Waals surface area (Å²) in [5.41, 5.74) is 0. The quantitative estimate of drug-likeness (QED) is 0.0270. The molecule has 10 aliphatic heterocycles. The lowest BCUT2D eigenvalue weighted by Crippen LogP contribution is -2.73. The Balaban J connectivity index is 1.00. The van der Waals surface area contributed by atoms with Gasteiger partial charge in [-0.1, -0.05) is 0 Å². The van der Waals surface area contributed by atoms with Crippen LogP contribution in [0, 0.1) is 0 Å². The summed E-state index contributed by atoms with van der Waals surface area (Å²) < 4.78 is 119. The number of carbonyl (C=O) groups excluding carboxylic acids is 5. The van der Waals surface area contributed by atoms with Crippen LogP contribution in [0.4, 0.5) is 0 Å². The first-order valence-electron chi connectivity index (χ1n) is 45.0. The number of aliphatic hydroxyl groups is 31. The van der Waals surface area contributed by atoms with Gasteiger partial charge in [-0.05, 0) is 6.92 Å². The van der Waals surface area contributed by atoms with Crippen molar-refractivity contribution in [1.82, 2.24) is 26.6 Å². The van der Waals surface area contributed by atoms with Gasteiger partial charge in [0.15, 0.2) is 56.6 Å². The minimum absolute atomic E-state index is 0.835. The largest absolute Gasteiger partial charge is 0.477 e. The number of carboxylic acid groups (broad SMARTS) is 1. The first kappa shape index (κ1) is 119. The van der Waals surface area contributed by atoms with E-state index in [-0.39, 0.29) is 0 Å². The lowest BCUT2D eigenvalue weighted by Gasteiger charge is -2.52. The van der Waals surface area contributed by atoms with Gasteiger partial charge < -0.3 is 285 Å². The Hall–Kier alpha value is -5.22. The molecule has 0 saturated carbocycles. The Kier molecular flexibility index (Phi) is 43.5. The zero-order chi connectivity index (χ0) is 105. The molecule has 0 aromatic carbocycles. The SMILES string of the molecule is CC(=O)N[C@H]1[C@H]([C@H](O)[C@H](O)CO)OC(O[C@H]2[C@@H](O)[C@@H](CO)OC(O[C@H]3[C@H](O)[C@@H](NC(C)=O)C(O[C@@H]4C(O[C@H]5[C@H](O)[C@@H](COC6O[C@H](COC7O[C@H](CO)[C@@H](O)[C@H](O)[C@@H]7O)[C@@H](O)[C@H](OC7O[C@H](CO)[C@@H](O)[C@H](O)[C@@H]7O)[C@@H]6O)OC(O[C@H]6[C@H](O)[C@@H](NC(C)=O)C(O[C@@H]([C@H](O)[C@H](CO)NC(C)=O)[C@H](O)COC7O[C@@H](C)[C@@H](O)[C@@H](O)[C@@H]7O)O[C@@H]6CO)[C@H]5O)O[C@H](CO)[C@@H](O)[C@@H]4O)O[C@@H]3CO)[C@@H]2NC(C)=O)(C(=O)O)C[C@@H]1O. The summed E-state index contributed by atoms with van der Waals surface area (Å²) in [7, 11) is 0. The second-order valence-electron chi connectivity index (χ2n) is 35.8. The third kappa shape index (κ3) is 27.0. The van der Waals surface area contributed by atoms with Crippen LogP contribution in [0.15, 0.2) is 0 Å². The smallest absolute Gasteiger partial charge is 0.364 e. The molecule has 55 atom stereocenters. The van der Waals surface area contributed by atoms with Gasteiger partial charge in [0.1, 0.15) is 250 Å². The number of carboxylic acids is 1. The molecule has 63 heteroatoms. The number of carbonyl (C=O) groups is 6. The minimum atomic E-state index is -3.35. The topological polar surface area (TPSA) is 995 Å². The fraction of sp³-hybridized carbons (Fsp3) is 0.924. The first-order valence-corrected chi connectivity index (χ1v) is 45.0. The Bertz CT molecular complexity index is 3950. The molecule has 10 aliphatic rings. The second-order valence-corrected chi connectivity index (χ2v) is 35.8. The lowest BCUT2D eigenvalue weighted by atomic mass is 9.88. The van der Waals surface area contributed by atoms with Crippen LogP contribution in [0.5, 0.6) is 0 Å². The first-order chi connectivity index (χ1) is 66.9. The van der Waals surface area contributed by atoms with Crippen molar-refractivity contribution in [2.45, 2.75) is 385 Å². The number of rotatable bonds is 42. The number of ether oxygens (including phenoxy) is 20. The summed E-state index contributed by atoms with van der Waals surface area (Å²) in [5, 5.41) is 371. The van der Waals surface area contributed by atoms with Crippen molar-refractivity contribution in [2.75, 3.05) is 72.7 Å². The Morgan fingerprint density at radius 2 is 0.704 bits per heavy atom. The van der Waals surface area contributed by atoms with Crippen molar-refractivity contribution < 1.29 is 287 Å². The molecule has 822 valence electrons. The summed E-state index contributed by atoms with van der Waals surface area (Å²) >= 11 is 0. The van der Waals surface area contributed by atoms with Crippen LogP contribution in [0.25, 0.3) is 0 Å². The molecule has 0 spiro atoms. The monoisotopic (exact) mass is 2080 g/mol. The van der Waals surface area contributed by atoms with E-state index in [2.05, 4.69) is 26.6 Å². The van der Waals surface area contributed by atoms with Gasteiger partial charge in [-0.25, -0.2) is 4.79 Å². The van der Waals surface area contributed by atoms with Crippen LogP contribution in [-0.2, 0) is 124 Å². The summed E-state index contributed by atoms with van der Waals surface area (Å²) in [6.07, 6.45) is -110. The normalized spacial score (nSPS) is 45.7. The predicted octanol–water partition coefficient (Wildman–Crippen LogP) is -24.4. The zero-order valence-electron chi connectivity index (χ0n) is 76.6. The summed E-state index contributed by atoms with van der Waals surface area (Å²) in [4.78, 5) is 78.5. The molecule has 10 unspecified atom stereocenters. The minimum Gasteiger partial charge on any atom is -0.477 e. The van der Waals surface area contributed by atoms with Crippen molar-refractivity contribution in [2.24, 2.45) is 0 Å². The van der Waals surface area contributed by atoms with Crippen molar-refractivity contribution in [1.29, 1.82) is 0 Å². The van der Waals surface area contributed by atoms with Gasteiger partial charge in [-0.3, -0.25) is 24.0 Å². The maximum atomic E-state index is 13.6. The van der Waals surface area contributed by atoms with Crippen molar-refractivity contribution in [3.05, 3.63) is 0 Å². The van der Waals surface area contributed by atoms with E-state index in [9.17, 15) is 192 Å². The highest BCUT2D eigenvalue weighted by Crippen LogP contribution is 2.43. The molecular weight excluding hydrogens is 1950 g/mol. The van der Waals surface area contributed by atoms with E-state index in [0.29, 0.717) is 0 Å². The third-order valence-electron chi connectivity index (χ3n) is 25.5. The number of hydrogen-bond acceptors (Lipinski definition) is 57. The van der Waals surface area contributed by atoms with Crippen LogP contribution in [-0.4, -0.2) is 608 Å². The van der Waals surface area contributed by atoms with Crippen LogP contribution in [0.3, 0.4) is 0 Å². The predicted molar refractivity (Wildman–Crippen MR) is 438 cm³/mol. The van der Waals surface area contributed by atoms with E-state index in [1.165, 1.54) is 6.92 Å². The Morgan fingerprint density at radius 1 is 0.338 bits per heavy atom. The maximum absolute atomic E-state index is 13.6. The van der Waals surface area contributed by atoms with Crippen LogP contribution in [0.2, 0.25) is 0 Å². The van der Waals surface area contributed by atoms with Gasteiger partial charge in [0.05, 0.1) is 97.0 Å². The van der Waals surface area contributed by atoms with Crippen molar-refractivity contribution in [3.8, 4) is 0 Å². The van der Waals surface area contributed by atoms with E-state index >= 15 is 0 Å². The van der Waals surface area contributed by atoms with E-state index in [0.717, 1.165) is 34.6 Å². The fourth-order valence-corrected chi connectivity index (χ4v) is 17.9. The molecule has 10 rings (SSSR count). The maximum Gasteiger partial charge on any atom is 0.364 e. The molecular formula is C79H133N5O58. The number of hydrogen-bond donors (Lipinski definition) is 37. The van der Waals surface area contributed by atoms with Gasteiger partial charge in [-0.2, -0.15) is 0 Å². The van der Waals surface area contributed by atoms with E-state index in [4.69, 9.17) is 94.7 Å². The van der Waals surface area contributed by atoms with Crippen molar-refractivity contribution >= 4 is 35.5 Å². The third-order valence-corrected chi connectivity index (χ3v) is 25.5. The van der Waals surface area contributed by atoms with Gasteiger partial charge in [0, 0.05) is 41.0 Å². The van der Waals surface area contributed by atoms with Gasteiger partial charge in [0.25, 0.3) is 5.79 Å². The highest BCUT2D eigenvalue weighted by atomic mass is 16.8. The van der Waals surface area contributed by atoms with Gasteiger partial charge >= 0.3 is 5.97 Å². The van der Waals surface area contributed by atoms with Crippen LogP contribution in [0.1, 0.15) is 48.0 Å². The Morgan fingerprint density at radius 3 is 1.20 bits per heavy atom. The number of amides is 5. The van der Waals surface area contributed by atoms with E-state index in [1.807, 2.05) is 0 Å². The molecule has 37 N–H and O–H groups in total. The average molecular weight is 2080 g/mol. The fourth-order valence-electron chi connectivity index (χ4n) is 17.9. The van der Waals surface area contributed by atoms with E-state index in [1.54, 1.807) is 0 Å². The molecule has 0 radical (unpaired) electrons. The van der Waals surface area contributed by atoms with Crippen LogP contribution < -0.4 is 26.6 Å². The van der Waals surface area contributed by atoms with Crippen molar-refractivity contribution in [3.63, 3.8) is 0 Å². The van der Waals surface area contributed by atoms with Crippen LogP contribution >= 0.6 is 0 Å². The highest BCUT2D eigenvalue weighted by Gasteiger charge is 2.64. The summed E-state index contributed by atoms with van der Waals surface area (Å²) in [6.45, 7) is -7.58. The molecule has 10 saturated heterocycles. The molecule has 5 amide bonds. The molecule has 10 fully saturated rings.